The van der Waals surface area contributed by atoms with Crippen molar-refractivity contribution in [3.63, 3.8) is 0 Å². The van der Waals surface area contributed by atoms with E-state index in [0.29, 0.717) is 0 Å². The molecule has 8 heteroatoms. The fourth-order valence-electron chi connectivity index (χ4n) is 5.93. The first-order valence-corrected chi connectivity index (χ1v) is 19.4. The minimum absolute atomic E-state index is 0. The second-order valence-corrected chi connectivity index (χ2v) is 19.8. The summed E-state index contributed by atoms with van der Waals surface area (Å²) in [5, 5.41) is 14.2. The van der Waals surface area contributed by atoms with Gasteiger partial charge in [-0.05, 0) is 52.1 Å². The predicted molar refractivity (Wildman–Crippen MR) is 168 cm³/mol. The number of carbonyl (C=O) groups is 1. The average molecular weight is 749 g/mol. The van der Waals surface area contributed by atoms with Crippen molar-refractivity contribution in [3.8, 4) is 11.3 Å². The van der Waals surface area contributed by atoms with E-state index >= 15 is 0 Å². The molecule has 0 amide bonds. The van der Waals surface area contributed by atoms with E-state index in [9.17, 15) is 4.79 Å². The Balaban J connectivity index is 0.000000291. The number of para-hydroxylation sites is 2. The fourth-order valence-corrected chi connectivity index (χ4v) is 11.9. The molecule has 2 aliphatic heterocycles. The van der Waals surface area contributed by atoms with Crippen molar-refractivity contribution in [1.82, 2.24) is 9.97 Å². The predicted octanol–water partition coefficient (Wildman–Crippen LogP) is 5.07. The Hall–Kier alpha value is -3.69. The average Bonchev–Trinajstić information content (AvgIpc) is 2.98. The van der Waals surface area contributed by atoms with Crippen molar-refractivity contribution in [2.45, 2.75) is 26.2 Å². The number of carboxylic acid groups (broad SMARTS) is 1. The van der Waals surface area contributed by atoms with Gasteiger partial charge in [-0.3, -0.25) is 0 Å². The van der Waals surface area contributed by atoms with Crippen molar-refractivity contribution in [1.29, 1.82) is 0 Å². The van der Waals surface area contributed by atoms with Gasteiger partial charge in [-0.2, -0.15) is 0 Å². The molecule has 4 heterocycles. The van der Waals surface area contributed by atoms with Gasteiger partial charge in [-0.1, -0.05) is 80.8 Å². The van der Waals surface area contributed by atoms with Gasteiger partial charge in [0, 0.05) is 43.9 Å². The minimum atomic E-state index is -1.94. The number of hydrogen-bond donors (Lipinski definition) is 1. The van der Waals surface area contributed by atoms with Gasteiger partial charge in [0.2, 0.25) is 0 Å². The summed E-state index contributed by atoms with van der Waals surface area (Å²) >= 11 is 0. The van der Waals surface area contributed by atoms with E-state index < -0.39 is 22.1 Å². The van der Waals surface area contributed by atoms with Crippen LogP contribution in [0.5, 0.6) is 0 Å². The van der Waals surface area contributed by atoms with E-state index in [1.165, 1.54) is 50.1 Å². The van der Waals surface area contributed by atoms with Crippen LogP contribution in [-0.4, -0.2) is 37.2 Å². The molecule has 0 saturated carbocycles. The molecule has 2 aromatic heterocycles. The van der Waals surface area contributed by atoms with Crippen molar-refractivity contribution in [2.24, 2.45) is 0 Å². The Bertz CT molecular complexity index is 1660. The first-order valence-electron chi connectivity index (χ1n) is 13.4. The molecule has 1 radical (unpaired) electrons. The molecule has 207 valence electrons. The zero-order valence-electron chi connectivity index (χ0n) is 23.3. The van der Waals surface area contributed by atoms with Gasteiger partial charge >= 0.3 is 5.97 Å². The zero-order valence-corrected chi connectivity index (χ0v) is 27.7. The number of carboxylic acids is 1. The maximum atomic E-state index is 10.1. The first kappa shape index (κ1) is 28.8. The molecule has 5 aromatic rings. The summed E-state index contributed by atoms with van der Waals surface area (Å²) in [5.74, 6) is -0.990. The van der Waals surface area contributed by atoms with Gasteiger partial charge < -0.3 is 15.0 Å². The molecular weight excluding hydrogens is 719 g/mol. The van der Waals surface area contributed by atoms with Crippen molar-refractivity contribution < 1.29 is 30.0 Å². The molecule has 41 heavy (non-hydrogen) atoms. The summed E-state index contributed by atoms with van der Waals surface area (Å²) in [6.07, 6.45) is 3.33. The van der Waals surface area contributed by atoms with Gasteiger partial charge in [0.25, 0.3) is 0 Å². The maximum absolute atomic E-state index is 10.1. The Kier molecular flexibility index (Phi) is 7.70. The number of anilines is 3. The molecule has 2 aliphatic rings. The van der Waals surface area contributed by atoms with E-state index in [1.54, 1.807) is 12.1 Å². The van der Waals surface area contributed by atoms with Crippen LogP contribution in [0, 0.1) is 6.07 Å². The standard InChI is InChI=1S/C27H25N2Si2.C6H5NO2.Ir/c1-30(2)23-14-7-5-12-21(23)29-22-13-6-8-15-24(22)31(3,4)26-18-19(17-25(30)27(26)29)20-11-9-10-16-28-20;8-6(9)5-3-1-2-4-7-5;/h5-17H,1-4H3;1-4H,(H,8,9);/q-1;;. The van der Waals surface area contributed by atoms with Gasteiger partial charge in [-0.15, -0.1) is 28.1 Å². The zero-order chi connectivity index (χ0) is 28.1. The molecule has 5 nitrogen and oxygen atoms in total. The molecule has 0 aliphatic carbocycles. The van der Waals surface area contributed by atoms with Gasteiger partial charge in [-0.25, -0.2) is 9.78 Å². The molecule has 7 rings (SSSR count). The molecule has 0 fully saturated rings. The molecule has 1 N–H and O–H groups in total. The van der Waals surface area contributed by atoms with E-state index in [1.807, 2.05) is 12.3 Å². The Morgan fingerprint density at radius 3 is 1.83 bits per heavy atom. The van der Waals surface area contributed by atoms with E-state index in [2.05, 4.69) is 114 Å². The summed E-state index contributed by atoms with van der Waals surface area (Å²) < 4.78 is 0. The molecule has 0 bridgehead atoms. The number of rotatable bonds is 2. The van der Waals surface area contributed by atoms with Crippen LogP contribution in [0.25, 0.3) is 11.3 Å². The van der Waals surface area contributed by atoms with Gasteiger partial charge in [0.1, 0.15) is 5.69 Å². The topological polar surface area (TPSA) is 66.3 Å². The van der Waals surface area contributed by atoms with E-state index in [-0.39, 0.29) is 25.8 Å². The Morgan fingerprint density at radius 2 is 1.29 bits per heavy atom. The van der Waals surface area contributed by atoms with Gasteiger partial charge in [0.15, 0.2) is 0 Å². The normalized spacial score (nSPS) is 14.7. The molecule has 3 aromatic carbocycles. The van der Waals surface area contributed by atoms with E-state index in [0.717, 1.165) is 11.3 Å². The number of aromatic carboxylic acids is 1. The summed E-state index contributed by atoms with van der Waals surface area (Å²) in [6, 6.07) is 35.3. The monoisotopic (exact) mass is 749 g/mol. The van der Waals surface area contributed by atoms with Crippen LogP contribution in [0.1, 0.15) is 10.5 Å². The Morgan fingerprint density at radius 1 is 0.732 bits per heavy atom. The first-order chi connectivity index (χ1) is 19.2. The van der Waals surface area contributed by atoms with Crippen LogP contribution in [0.3, 0.4) is 0 Å². The van der Waals surface area contributed by atoms with Crippen LogP contribution in [0.15, 0.2) is 103 Å². The van der Waals surface area contributed by atoms with Crippen molar-refractivity contribution in [2.75, 3.05) is 4.90 Å². The molecule has 0 saturated heterocycles. The second kappa shape index (κ2) is 10.9. The third-order valence-electron chi connectivity index (χ3n) is 8.02. The third-order valence-corrected chi connectivity index (χ3v) is 14.9. The SMILES string of the molecule is C[Si]1(C)c2[c-]c(-c3ccccn3)cc3c2N(c2ccccc21)c1ccccc1[Si]3(C)C.O=C(O)c1ccccn1.[Ir]. The van der Waals surface area contributed by atoms with Gasteiger partial charge in [0.05, 0.1) is 16.1 Å². The number of hydrogen-bond acceptors (Lipinski definition) is 4. The van der Waals surface area contributed by atoms with Crippen molar-refractivity contribution >= 4 is 59.9 Å². The summed E-state index contributed by atoms with van der Waals surface area (Å²) in [5.41, 5.74) is 6.34. The largest absolute Gasteiger partial charge is 0.477 e. The van der Waals surface area contributed by atoms with Crippen LogP contribution < -0.4 is 25.6 Å². The number of benzene rings is 3. The smallest absolute Gasteiger partial charge is 0.354 e. The summed E-state index contributed by atoms with van der Waals surface area (Å²) in [7, 11) is -3.84. The Labute approximate surface area is 256 Å². The molecule has 0 spiro atoms. The summed E-state index contributed by atoms with van der Waals surface area (Å²) in [6.45, 7) is 9.95. The number of aromatic nitrogens is 2. The summed E-state index contributed by atoms with van der Waals surface area (Å²) in [4.78, 5) is 20.9. The molecular formula is C33H30IrN3O2Si2-. The molecule has 0 unspecified atom stereocenters. The minimum Gasteiger partial charge on any atom is -0.477 e. The third kappa shape index (κ3) is 4.81. The van der Waals surface area contributed by atoms with E-state index in [4.69, 9.17) is 5.11 Å². The maximum Gasteiger partial charge on any atom is 0.354 e. The number of fused-ring (bicyclic) bond motifs is 4. The number of nitrogens with zero attached hydrogens (tertiary/aromatic N) is 3. The van der Waals surface area contributed by atoms with Crippen LogP contribution in [0.2, 0.25) is 26.2 Å². The quantitative estimate of drug-likeness (QED) is 0.202. The second-order valence-electron chi connectivity index (χ2n) is 11.2. The van der Waals surface area contributed by atoms with Crippen LogP contribution >= 0.6 is 0 Å². The van der Waals surface area contributed by atoms with Crippen LogP contribution in [0.4, 0.5) is 17.1 Å². The fraction of sp³-hybridized carbons (Fsp3) is 0.121. The van der Waals surface area contributed by atoms with Crippen molar-refractivity contribution in [3.05, 3.63) is 115 Å². The molecule has 0 atom stereocenters. The number of pyridine rings is 2. The van der Waals surface area contributed by atoms with Crippen LogP contribution in [-0.2, 0) is 20.1 Å².